The van der Waals surface area contributed by atoms with Crippen LogP contribution in [0.1, 0.15) is 30.1 Å². The number of H-pyrrole nitrogens is 1. The van der Waals surface area contributed by atoms with E-state index in [4.69, 9.17) is 0 Å². The van der Waals surface area contributed by atoms with E-state index in [1.165, 1.54) is 12.3 Å². The van der Waals surface area contributed by atoms with E-state index in [9.17, 15) is 9.59 Å². The molecule has 1 N–H and O–H groups in total. The maximum Gasteiger partial charge on any atom is 0.254 e. The van der Waals surface area contributed by atoms with E-state index in [0.29, 0.717) is 16.3 Å². The summed E-state index contributed by atoms with van der Waals surface area (Å²) in [6.45, 7) is 3.69. The van der Waals surface area contributed by atoms with Crippen molar-refractivity contribution in [3.8, 4) is 0 Å². The Morgan fingerprint density at radius 3 is 2.72 bits per heavy atom. The first kappa shape index (κ1) is 13.3. The lowest BCUT2D eigenvalue weighted by Gasteiger charge is -2.33. The van der Waals surface area contributed by atoms with Crippen LogP contribution in [0, 0.1) is 5.92 Å². The van der Waals surface area contributed by atoms with Crippen LogP contribution in [0.3, 0.4) is 0 Å². The summed E-state index contributed by atoms with van der Waals surface area (Å²) in [4.78, 5) is 28.2. The Morgan fingerprint density at radius 2 is 2.17 bits per heavy atom. The number of rotatable bonds is 2. The van der Waals surface area contributed by atoms with Crippen LogP contribution in [0.5, 0.6) is 0 Å². The maximum atomic E-state index is 12.2. The van der Waals surface area contributed by atoms with Gasteiger partial charge in [-0.3, -0.25) is 9.59 Å². The molecule has 0 aromatic carbocycles. The molecule has 1 aliphatic rings. The molecule has 1 saturated heterocycles. The molecule has 2 rings (SSSR count). The lowest BCUT2D eigenvalue weighted by atomic mass is 9.94. The standard InChI is InChI=1S/C13H17BrN2O2/c1-9(14)10-3-6-16(7-4-10)13(18)11-2-5-15-12(17)8-11/h2,5,8-10H,3-4,6-7H2,1H3,(H,15,17). The zero-order chi connectivity index (χ0) is 13.1. The first-order chi connectivity index (χ1) is 8.58. The number of hydrogen-bond acceptors (Lipinski definition) is 2. The predicted molar refractivity (Wildman–Crippen MR) is 74.1 cm³/mol. The summed E-state index contributed by atoms with van der Waals surface area (Å²) in [6.07, 6.45) is 3.55. The molecule has 0 radical (unpaired) electrons. The fourth-order valence-electron chi connectivity index (χ4n) is 2.32. The van der Waals surface area contributed by atoms with Gasteiger partial charge in [0.05, 0.1) is 0 Å². The average Bonchev–Trinajstić information content (AvgIpc) is 2.38. The molecule has 1 amide bonds. The molecule has 98 valence electrons. The second kappa shape index (κ2) is 5.69. The summed E-state index contributed by atoms with van der Waals surface area (Å²) < 4.78 is 0. The Hall–Kier alpha value is -1.10. The number of halogens is 1. The smallest absolute Gasteiger partial charge is 0.254 e. The number of aromatic amines is 1. The van der Waals surface area contributed by atoms with Crippen LogP contribution < -0.4 is 5.56 Å². The minimum atomic E-state index is -0.232. The van der Waals surface area contributed by atoms with Crippen molar-refractivity contribution in [2.75, 3.05) is 13.1 Å². The number of amides is 1. The molecule has 0 aliphatic carbocycles. The van der Waals surface area contributed by atoms with E-state index < -0.39 is 0 Å². The topological polar surface area (TPSA) is 53.2 Å². The quantitative estimate of drug-likeness (QED) is 0.849. The highest BCUT2D eigenvalue weighted by Crippen LogP contribution is 2.25. The van der Waals surface area contributed by atoms with E-state index in [0.717, 1.165) is 25.9 Å². The number of nitrogens with zero attached hydrogens (tertiary/aromatic N) is 1. The van der Waals surface area contributed by atoms with Crippen molar-refractivity contribution in [1.29, 1.82) is 0 Å². The molecular formula is C13H17BrN2O2. The first-order valence-electron chi connectivity index (χ1n) is 6.20. The number of pyridine rings is 1. The molecule has 0 bridgehead atoms. The summed E-state index contributed by atoms with van der Waals surface area (Å²) in [5.41, 5.74) is 0.244. The summed E-state index contributed by atoms with van der Waals surface area (Å²) in [7, 11) is 0. The van der Waals surface area contributed by atoms with Gasteiger partial charge in [0.15, 0.2) is 0 Å². The molecule has 5 heteroatoms. The Morgan fingerprint density at radius 1 is 1.50 bits per heavy atom. The average molecular weight is 313 g/mol. The highest BCUT2D eigenvalue weighted by Gasteiger charge is 2.25. The van der Waals surface area contributed by atoms with Gasteiger partial charge in [-0.05, 0) is 24.8 Å². The van der Waals surface area contributed by atoms with E-state index in [-0.39, 0.29) is 11.5 Å². The maximum absolute atomic E-state index is 12.2. The highest BCUT2D eigenvalue weighted by atomic mass is 79.9. The van der Waals surface area contributed by atoms with E-state index in [1.807, 2.05) is 4.90 Å². The van der Waals surface area contributed by atoms with E-state index in [1.54, 1.807) is 6.07 Å². The van der Waals surface area contributed by atoms with Gasteiger partial charge in [0.2, 0.25) is 5.56 Å². The summed E-state index contributed by atoms with van der Waals surface area (Å²) in [6, 6.07) is 3.02. The lowest BCUT2D eigenvalue weighted by molar-refractivity contribution is 0.0691. The Bertz CT molecular complexity index is 476. The second-order valence-corrected chi connectivity index (χ2v) is 6.19. The van der Waals surface area contributed by atoms with Crippen molar-refractivity contribution < 1.29 is 4.79 Å². The third-order valence-electron chi connectivity index (χ3n) is 3.50. The molecule has 1 fully saturated rings. The number of nitrogens with one attached hydrogen (secondary N) is 1. The number of aromatic nitrogens is 1. The van der Waals surface area contributed by atoms with E-state index in [2.05, 4.69) is 27.8 Å². The van der Waals surface area contributed by atoms with Crippen LogP contribution in [-0.4, -0.2) is 33.7 Å². The van der Waals surface area contributed by atoms with Gasteiger partial charge in [0.1, 0.15) is 0 Å². The molecule has 1 unspecified atom stereocenters. The fourth-order valence-corrected chi connectivity index (χ4v) is 2.85. The summed E-state index contributed by atoms with van der Waals surface area (Å²) in [5, 5.41) is 0. The molecule has 18 heavy (non-hydrogen) atoms. The summed E-state index contributed by atoms with van der Waals surface area (Å²) in [5.74, 6) is 0.593. The second-order valence-electron chi connectivity index (χ2n) is 4.75. The van der Waals surface area contributed by atoms with Crippen molar-refractivity contribution in [3.63, 3.8) is 0 Å². The van der Waals surface area contributed by atoms with Crippen molar-refractivity contribution in [2.45, 2.75) is 24.6 Å². The lowest BCUT2D eigenvalue weighted by Crippen LogP contribution is -2.40. The predicted octanol–water partition coefficient (Wildman–Crippen LogP) is 2.01. The van der Waals surface area contributed by atoms with Crippen molar-refractivity contribution in [2.24, 2.45) is 5.92 Å². The number of piperidine rings is 1. The van der Waals surface area contributed by atoms with Crippen LogP contribution in [0.2, 0.25) is 0 Å². The van der Waals surface area contributed by atoms with Gasteiger partial charge in [-0.1, -0.05) is 22.9 Å². The summed E-state index contributed by atoms with van der Waals surface area (Å²) >= 11 is 3.60. The number of likely N-dealkylation sites (tertiary alicyclic amines) is 1. The minimum absolute atomic E-state index is 0.0400. The van der Waals surface area contributed by atoms with Gasteiger partial charge in [-0.25, -0.2) is 0 Å². The third-order valence-corrected chi connectivity index (χ3v) is 4.25. The van der Waals surface area contributed by atoms with Gasteiger partial charge in [0.25, 0.3) is 5.91 Å². The van der Waals surface area contributed by atoms with E-state index >= 15 is 0 Å². The van der Waals surface area contributed by atoms with Crippen LogP contribution in [0.4, 0.5) is 0 Å². The van der Waals surface area contributed by atoms with Crippen LogP contribution >= 0.6 is 15.9 Å². The van der Waals surface area contributed by atoms with Crippen LogP contribution in [0.25, 0.3) is 0 Å². The third kappa shape index (κ3) is 3.02. The molecular weight excluding hydrogens is 296 g/mol. The largest absolute Gasteiger partial charge is 0.339 e. The molecule has 1 aromatic rings. The fraction of sp³-hybridized carbons (Fsp3) is 0.538. The molecule has 4 nitrogen and oxygen atoms in total. The first-order valence-corrected chi connectivity index (χ1v) is 7.11. The molecule has 1 atom stereocenters. The van der Waals surface area contributed by atoms with Gasteiger partial charge in [0, 0.05) is 35.7 Å². The molecule has 2 heterocycles. The molecule has 1 aromatic heterocycles. The van der Waals surface area contributed by atoms with Gasteiger partial charge in [-0.15, -0.1) is 0 Å². The SMILES string of the molecule is CC(Br)C1CCN(C(=O)c2cc[nH]c(=O)c2)CC1. The molecule has 0 spiro atoms. The van der Waals surface area contributed by atoms with Crippen LogP contribution in [-0.2, 0) is 0 Å². The Balaban J connectivity index is 2.02. The number of carbonyl (C=O) groups is 1. The van der Waals surface area contributed by atoms with Crippen molar-refractivity contribution in [1.82, 2.24) is 9.88 Å². The van der Waals surface area contributed by atoms with Gasteiger partial charge >= 0.3 is 0 Å². The normalized spacial score (nSPS) is 18.7. The van der Waals surface area contributed by atoms with Gasteiger partial charge in [-0.2, -0.15) is 0 Å². The minimum Gasteiger partial charge on any atom is -0.339 e. The van der Waals surface area contributed by atoms with Gasteiger partial charge < -0.3 is 9.88 Å². The highest BCUT2D eigenvalue weighted by molar-refractivity contribution is 9.09. The monoisotopic (exact) mass is 312 g/mol. The number of hydrogen-bond donors (Lipinski definition) is 1. The Labute approximate surface area is 115 Å². The van der Waals surface area contributed by atoms with Crippen LogP contribution in [0.15, 0.2) is 23.1 Å². The zero-order valence-electron chi connectivity index (χ0n) is 10.4. The van der Waals surface area contributed by atoms with Crippen molar-refractivity contribution >= 4 is 21.8 Å². The zero-order valence-corrected chi connectivity index (χ0v) is 11.9. The van der Waals surface area contributed by atoms with Crippen molar-refractivity contribution in [3.05, 3.63) is 34.2 Å². The molecule has 1 aliphatic heterocycles. The molecule has 0 saturated carbocycles. The number of alkyl halides is 1. The number of carbonyl (C=O) groups excluding carboxylic acids is 1. The Kier molecular flexibility index (Phi) is 4.22.